The number of hydrogen-bond acceptors (Lipinski definition) is 3. The molecule has 1 aliphatic heterocycles. The maximum Gasteiger partial charge on any atom is 0.191 e. The van der Waals surface area contributed by atoms with Gasteiger partial charge in [-0.25, -0.2) is 14.4 Å². The molecule has 1 saturated heterocycles. The normalized spacial score (nSPS) is 16.0. The molecule has 1 fully saturated rings. The highest BCUT2D eigenvalue weighted by Crippen LogP contribution is 2.20. The van der Waals surface area contributed by atoms with E-state index in [1.54, 1.807) is 29.1 Å². The number of nitrogens with zero attached hydrogens (tertiary/aromatic N) is 4. The molecule has 0 saturated carbocycles. The number of benzene rings is 2. The van der Waals surface area contributed by atoms with Gasteiger partial charge in [-0.3, -0.25) is 0 Å². The molecule has 2 aromatic carbocycles. The topological polar surface area (TPSA) is 57.5 Å². The number of halogens is 2. The molecule has 32 heavy (non-hydrogen) atoms. The van der Waals surface area contributed by atoms with E-state index < -0.39 is 0 Å². The summed E-state index contributed by atoms with van der Waals surface area (Å²) in [7, 11) is 0. The third-order valence-corrected chi connectivity index (χ3v) is 5.51. The van der Waals surface area contributed by atoms with E-state index in [9.17, 15) is 4.39 Å². The van der Waals surface area contributed by atoms with E-state index in [-0.39, 0.29) is 29.8 Å². The number of guanidine groups is 1. The quantitative estimate of drug-likeness (QED) is 0.275. The predicted molar refractivity (Wildman–Crippen MR) is 139 cm³/mol. The Morgan fingerprint density at radius 2 is 2.03 bits per heavy atom. The van der Waals surface area contributed by atoms with Crippen LogP contribution < -0.4 is 15.5 Å². The van der Waals surface area contributed by atoms with Crippen molar-refractivity contribution in [2.45, 2.75) is 32.9 Å². The second-order valence-electron chi connectivity index (χ2n) is 7.74. The number of aromatic nitrogens is 2. The van der Waals surface area contributed by atoms with Crippen LogP contribution >= 0.6 is 24.0 Å². The van der Waals surface area contributed by atoms with Crippen molar-refractivity contribution >= 4 is 35.6 Å². The first-order valence-corrected chi connectivity index (χ1v) is 10.8. The molecule has 1 aromatic heterocycles. The molecular weight excluding hydrogens is 518 g/mol. The lowest BCUT2D eigenvalue weighted by molar-refractivity contribution is 0.614. The second-order valence-corrected chi connectivity index (χ2v) is 7.74. The first-order chi connectivity index (χ1) is 15.1. The lowest BCUT2D eigenvalue weighted by Gasteiger charge is -2.20. The number of nitrogens with one attached hydrogen (secondary N) is 2. The summed E-state index contributed by atoms with van der Waals surface area (Å²) in [6.45, 7) is 7.03. The van der Waals surface area contributed by atoms with Crippen LogP contribution in [-0.2, 0) is 6.54 Å². The highest BCUT2D eigenvalue weighted by molar-refractivity contribution is 14.0. The zero-order valence-corrected chi connectivity index (χ0v) is 20.8. The fourth-order valence-corrected chi connectivity index (χ4v) is 3.91. The van der Waals surface area contributed by atoms with Gasteiger partial charge in [-0.1, -0.05) is 24.3 Å². The smallest absolute Gasteiger partial charge is 0.191 e. The zero-order chi connectivity index (χ0) is 21.6. The van der Waals surface area contributed by atoms with Crippen molar-refractivity contribution in [3.8, 4) is 5.69 Å². The number of aryl methyl sites for hydroxylation is 1. The molecule has 3 aromatic rings. The monoisotopic (exact) mass is 548 g/mol. The largest absolute Gasteiger partial charge is 0.369 e. The van der Waals surface area contributed by atoms with Gasteiger partial charge in [0, 0.05) is 43.8 Å². The maximum atomic E-state index is 14.7. The third-order valence-electron chi connectivity index (χ3n) is 5.51. The van der Waals surface area contributed by atoms with Gasteiger partial charge in [0.05, 0.1) is 12.2 Å². The summed E-state index contributed by atoms with van der Waals surface area (Å²) in [4.78, 5) is 11.2. The predicted octanol–water partition coefficient (Wildman–Crippen LogP) is 4.27. The summed E-state index contributed by atoms with van der Waals surface area (Å²) in [5.41, 5.74) is 2.57. The fourth-order valence-electron chi connectivity index (χ4n) is 3.91. The average molecular weight is 548 g/mol. The molecule has 0 aliphatic carbocycles. The third kappa shape index (κ3) is 5.79. The van der Waals surface area contributed by atoms with Gasteiger partial charge in [-0.15, -0.1) is 24.0 Å². The number of para-hydroxylation sites is 1. The molecule has 2 heterocycles. The van der Waals surface area contributed by atoms with Gasteiger partial charge in [-0.05, 0) is 50.1 Å². The van der Waals surface area contributed by atoms with Crippen LogP contribution in [0.15, 0.2) is 65.9 Å². The second kappa shape index (κ2) is 11.3. The number of imidazole rings is 1. The minimum atomic E-state index is -0.277. The van der Waals surface area contributed by atoms with Crippen molar-refractivity contribution in [3.63, 3.8) is 0 Å². The van der Waals surface area contributed by atoms with Crippen LogP contribution in [0.4, 0.5) is 10.1 Å². The molecule has 1 aliphatic rings. The van der Waals surface area contributed by atoms with Crippen LogP contribution in [0, 0.1) is 12.7 Å². The van der Waals surface area contributed by atoms with Crippen LogP contribution in [0.25, 0.3) is 5.69 Å². The van der Waals surface area contributed by atoms with Crippen LogP contribution in [-0.4, -0.2) is 41.2 Å². The van der Waals surface area contributed by atoms with E-state index in [1.165, 1.54) is 5.69 Å². The van der Waals surface area contributed by atoms with E-state index in [0.717, 1.165) is 43.4 Å². The van der Waals surface area contributed by atoms with Crippen molar-refractivity contribution < 1.29 is 4.39 Å². The Labute approximate surface area is 206 Å². The highest BCUT2D eigenvalue weighted by atomic mass is 127. The Balaban J connectivity index is 0.00000289. The Bertz CT molecular complexity index is 1040. The van der Waals surface area contributed by atoms with Gasteiger partial charge in [-0.2, -0.15) is 0 Å². The van der Waals surface area contributed by atoms with Gasteiger partial charge < -0.3 is 20.1 Å². The number of anilines is 1. The SMILES string of the molecule is CCNC(=NCc1ccc(-n2ccnc2C)c(F)c1)NC1CCN(c2ccccc2)C1.I. The molecule has 1 atom stereocenters. The maximum absolute atomic E-state index is 14.7. The minimum Gasteiger partial charge on any atom is -0.369 e. The molecule has 6 nitrogen and oxygen atoms in total. The summed E-state index contributed by atoms with van der Waals surface area (Å²) in [5, 5.41) is 6.84. The van der Waals surface area contributed by atoms with Crippen molar-refractivity contribution in [1.82, 2.24) is 20.2 Å². The first-order valence-electron chi connectivity index (χ1n) is 10.8. The summed E-state index contributed by atoms with van der Waals surface area (Å²) < 4.78 is 16.4. The molecule has 1 unspecified atom stereocenters. The summed E-state index contributed by atoms with van der Waals surface area (Å²) >= 11 is 0. The Morgan fingerprint density at radius 3 is 2.72 bits per heavy atom. The number of rotatable bonds is 6. The molecule has 2 N–H and O–H groups in total. The summed E-state index contributed by atoms with van der Waals surface area (Å²) in [6.07, 6.45) is 4.48. The highest BCUT2D eigenvalue weighted by Gasteiger charge is 2.23. The Hall–Kier alpha value is -2.62. The standard InChI is InChI=1S/C24H29FN6.HI/c1-3-26-24(29-20-11-13-30(17-20)21-7-5-4-6-8-21)28-16-19-9-10-23(22(25)15-19)31-14-12-27-18(31)2;/h4-10,12,14-15,20H,3,11,13,16-17H2,1-2H3,(H2,26,28,29);1H. The number of aliphatic imine (C=N–C) groups is 1. The molecule has 0 radical (unpaired) electrons. The molecule has 170 valence electrons. The minimum absolute atomic E-state index is 0. The van der Waals surface area contributed by atoms with Crippen LogP contribution in [0.1, 0.15) is 24.7 Å². The zero-order valence-electron chi connectivity index (χ0n) is 18.5. The Morgan fingerprint density at radius 1 is 1.22 bits per heavy atom. The van der Waals surface area contributed by atoms with Gasteiger partial charge >= 0.3 is 0 Å². The average Bonchev–Trinajstić information content (AvgIpc) is 3.42. The molecule has 0 amide bonds. The molecule has 4 rings (SSSR count). The van der Waals surface area contributed by atoms with Crippen molar-refractivity contribution in [3.05, 3.63) is 78.1 Å². The molecular formula is C24H30FIN6. The van der Waals surface area contributed by atoms with Crippen LogP contribution in [0.3, 0.4) is 0 Å². The molecule has 0 bridgehead atoms. The lowest BCUT2D eigenvalue weighted by Crippen LogP contribution is -2.44. The summed E-state index contributed by atoms with van der Waals surface area (Å²) in [5.74, 6) is 1.24. The van der Waals surface area contributed by atoms with Crippen molar-refractivity contribution in [2.24, 2.45) is 4.99 Å². The van der Waals surface area contributed by atoms with Crippen molar-refractivity contribution in [2.75, 3.05) is 24.5 Å². The van der Waals surface area contributed by atoms with Gasteiger partial charge in [0.2, 0.25) is 0 Å². The van der Waals surface area contributed by atoms with E-state index in [0.29, 0.717) is 18.3 Å². The van der Waals surface area contributed by atoms with Gasteiger partial charge in [0.1, 0.15) is 11.6 Å². The van der Waals surface area contributed by atoms with Crippen molar-refractivity contribution in [1.29, 1.82) is 0 Å². The van der Waals surface area contributed by atoms with E-state index in [2.05, 4.69) is 49.8 Å². The Kier molecular flexibility index (Phi) is 8.49. The van der Waals surface area contributed by atoms with Gasteiger partial charge in [0.15, 0.2) is 5.96 Å². The van der Waals surface area contributed by atoms with Crippen LogP contribution in [0.2, 0.25) is 0 Å². The van der Waals surface area contributed by atoms with E-state index in [4.69, 9.17) is 0 Å². The van der Waals surface area contributed by atoms with E-state index >= 15 is 0 Å². The summed E-state index contributed by atoms with van der Waals surface area (Å²) in [6, 6.07) is 16.0. The fraction of sp³-hybridized carbons (Fsp3) is 0.333. The van der Waals surface area contributed by atoms with E-state index in [1.807, 2.05) is 26.0 Å². The lowest BCUT2D eigenvalue weighted by atomic mass is 10.2. The number of hydrogen-bond donors (Lipinski definition) is 2. The van der Waals surface area contributed by atoms with Crippen LogP contribution in [0.5, 0.6) is 0 Å². The first kappa shape index (κ1) is 24.0. The van der Waals surface area contributed by atoms with Gasteiger partial charge in [0.25, 0.3) is 0 Å². The molecule has 0 spiro atoms. The molecule has 8 heteroatoms.